The molecular formula is C24H28ClN4O4+. The number of rotatable bonds is 6. The Morgan fingerprint density at radius 3 is 2.61 bits per heavy atom. The molecule has 1 saturated heterocycles. The molecule has 0 radical (unpaired) electrons. The highest BCUT2D eigenvalue weighted by molar-refractivity contribution is 6.30. The van der Waals surface area contributed by atoms with Crippen molar-refractivity contribution < 1.29 is 24.0 Å². The first-order chi connectivity index (χ1) is 15.9. The maximum absolute atomic E-state index is 12.9. The van der Waals surface area contributed by atoms with Crippen molar-refractivity contribution in [1.29, 1.82) is 0 Å². The molecule has 0 bridgehead atoms. The van der Waals surface area contributed by atoms with Gasteiger partial charge in [-0.15, -0.1) is 0 Å². The molecule has 1 aromatic heterocycles. The maximum Gasteiger partial charge on any atom is 0.356 e. The van der Waals surface area contributed by atoms with Crippen molar-refractivity contribution >= 4 is 45.8 Å². The van der Waals surface area contributed by atoms with E-state index in [1.807, 2.05) is 24.3 Å². The molecule has 33 heavy (non-hydrogen) atoms. The van der Waals surface area contributed by atoms with Crippen molar-refractivity contribution in [3.63, 3.8) is 0 Å². The number of carbonyl (C=O) groups is 2. The number of hydrogen-bond donors (Lipinski definition) is 3. The molecular weight excluding hydrogens is 444 g/mol. The van der Waals surface area contributed by atoms with Gasteiger partial charge in [-0.25, -0.2) is 4.79 Å². The molecule has 0 spiro atoms. The van der Waals surface area contributed by atoms with Crippen LogP contribution in [-0.2, 0) is 9.53 Å². The number of anilines is 2. The molecule has 4 rings (SSSR count). The summed E-state index contributed by atoms with van der Waals surface area (Å²) in [6.45, 7) is 5.72. The maximum atomic E-state index is 12.9. The van der Waals surface area contributed by atoms with Crippen LogP contribution < -0.4 is 19.9 Å². The number of piperazine rings is 1. The van der Waals surface area contributed by atoms with Gasteiger partial charge in [0.1, 0.15) is 11.4 Å². The average molecular weight is 472 g/mol. The monoisotopic (exact) mass is 471 g/mol. The van der Waals surface area contributed by atoms with E-state index < -0.39 is 5.97 Å². The molecule has 8 nitrogen and oxygen atoms in total. The number of ether oxygens (including phenoxy) is 2. The molecule has 1 amide bonds. The lowest BCUT2D eigenvalue weighted by Gasteiger charge is -2.34. The number of carbonyl (C=O) groups excluding carboxylic acids is 2. The zero-order valence-electron chi connectivity index (χ0n) is 19.0. The number of esters is 1. The number of nitrogens with zero attached hydrogens (tertiary/aromatic N) is 1. The number of nitrogens with one attached hydrogen (secondary N) is 3. The van der Waals surface area contributed by atoms with Crippen molar-refractivity contribution in [2.24, 2.45) is 0 Å². The first-order valence-corrected chi connectivity index (χ1v) is 11.2. The van der Waals surface area contributed by atoms with Gasteiger partial charge < -0.3 is 29.6 Å². The lowest BCUT2D eigenvalue weighted by Crippen LogP contribution is -3.15. The van der Waals surface area contributed by atoms with E-state index in [0.29, 0.717) is 23.5 Å². The number of aryl methyl sites for hydroxylation is 1. The third-order valence-electron chi connectivity index (χ3n) is 6.05. The Kier molecular flexibility index (Phi) is 6.76. The minimum atomic E-state index is -0.543. The number of hydrogen-bond acceptors (Lipinski definition) is 5. The third-order valence-corrected chi connectivity index (χ3v) is 6.29. The molecule has 1 aliphatic heterocycles. The highest BCUT2D eigenvalue weighted by atomic mass is 35.5. The first kappa shape index (κ1) is 22.9. The largest absolute Gasteiger partial charge is 0.497 e. The first-order valence-electron chi connectivity index (χ1n) is 10.8. The normalized spacial score (nSPS) is 14.4. The van der Waals surface area contributed by atoms with E-state index in [9.17, 15) is 9.59 Å². The van der Waals surface area contributed by atoms with Crippen LogP contribution in [0.25, 0.3) is 10.9 Å². The van der Waals surface area contributed by atoms with E-state index in [-0.39, 0.29) is 11.6 Å². The summed E-state index contributed by atoms with van der Waals surface area (Å²) in [6.07, 6.45) is 0. The minimum Gasteiger partial charge on any atom is -0.497 e. The Morgan fingerprint density at radius 2 is 1.91 bits per heavy atom. The molecule has 1 aliphatic rings. The third kappa shape index (κ3) is 4.91. The fourth-order valence-corrected chi connectivity index (χ4v) is 4.43. The lowest BCUT2D eigenvalue weighted by atomic mass is 10.1. The zero-order valence-corrected chi connectivity index (χ0v) is 19.7. The van der Waals surface area contributed by atoms with E-state index in [2.05, 4.69) is 22.1 Å². The number of quaternary nitrogens is 1. The second kappa shape index (κ2) is 9.72. The van der Waals surface area contributed by atoms with Crippen molar-refractivity contribution in [3.8, 4) is 5.75 Å². The highest BCUT2D eigenvalue weighted by Gasteiger charge is 2.26. The Labute approximate surface area is 197 Å². The van der Waals surface area contributed by atoms with Crippen LogP contribution in [0.15, 0.2) is 36.4 Å². The molecule has 174 valence electrons. The summed E-state index contributed by atoms with van der Waals surface area (Å²) in [5.74, 6) is -0.0483. The molecule has 3 aromatic rings. The Morgan fingerprint density at radius 1 is 1.15 bits per heavy atom. The molecule has 0 saturated carbocycles. The molecule has 1 fully saturated rings. The Balaban J connectivity index is 1.44. The van der Waals surface area contributed by atoms with Crippen LogP contribution in [-0.4, -0.2) is 63.8 Å². The molecule has 0 aliphatic carbocycles. The van der Waals surface area contributed by atoms with Crippen LogP contribution in [0.3, 0.4) is 0 Å². The van der Waals surface area contributed by atoms with E-state index in [1.54, 1.807) is 19.2 Å². The van der Waals surface area contributed by atoms with Gasteiger partial charge >= 0.3 is 5.97 Å². The number of amides is 1. The smallest absolute Gasteiger partial charge is 0.356 e. The SMILES string of the molecule is COC(=O)c1[nH]c2cc(OC)ccc2c1NC(=O)C[NH+]1CCN(c2cc(Cl)ccc2C)CC1. The van der Waals surface area contributed by atoms with Gasteiger partial charge in [0, 0.05) is 22.2 Å². The molecule has 2 heterocycles. The summed E-state index contributed by atoms with van der Waals surface area (Å²) in [7, 11) is 2.88. The van der Waals surface area contributed by atoms with Gasteiger partial charge in [0.25, 0.3) is 5.91 Å². The predicted octanol–water partition coefficient (Wildman–Crippen LogP) is 2.27. The van der Waals surface area contributed by atoms with Crippen molar-refractivity contribution in [2.45, 2.75) is 6.92 Å². The van der Waals surface area contributed by atoms with Crippen LogP contribution >= 0.6 is 11.6 Å². The summed E-state index contributed by atoms with van der Waals surface area (Å²) in [6, 6.07) is 11.3. The zero-order chi connectivity index (χ0) is 23.5. The standard InChI is InChI=1S/C24H27ClN4O4/c1-15-4-5-16(25)12-20(15)29-10-8-28(9-11-29)14-21(30)27-22-18-7-6-17(32-2)13-19(18)26-23(22)24(31)33-3/h4-7,12-13,26H,8-11,14H2,1-3H3,(H,27,30)/p+1. The number of aromatic nitrogens is 1. The second-order valence-electron chi connectivity index (χ2n) is 8.17. The van der Waals surface area contributed by atoms with Gasteiger partial charge in [-0.2, -0.15) is 0 Å². The second-order valence-corrected chi connectivity index (χ2v) is 8.61. The summed E-state index contributed by atoms with van der Waals surface area (Å²) in [5.41, 5.74) is 3.65. The van der Waals surface area contributed by atoms with Gasteiger partial charge in [0.05, 0.1) is 51.6 Å². The van der Waals surface area contributed by atoms with E-state index in [4.69, 9.17) is 21.1 Å². The van der Waals surface area contributed by atoms with Crippen LogP contribution in [0.5, 0.6) is 5.75 Å². The van der Waals surface area contributed by atoms with Gasteiger partial charge in [-0.3, -0.25) is 4.79 Å². The Bertz CT molecular complexity index is 1180. The minimum absolute atomic E-state index is 0.153. The number of fused-ring (bicyclic) bond motifs is 1. The number of H-pyrrole nitrogens is 1. The fourth-order valence-electron chi connectivity index (χ4n) is 4.26. The molecule has 2 aromatic carbocycles. The number of benzene rings is 2. The average Bonchev–Trinajstić information content (AvgIpc) is 3.18. The van der Waals surface area contributed by atoms with Crippen molar-refractivity contribution in [1.82, 2.24) is 4.98 Å². The summed E-state index contributed by atoms with van der Waals surface area (Å²) in [5, 5.41) is 4.38. The number of methoxy groups -OCH3 is 2. The Hall–Kier alpha value is -3.23. The van der Waals surface area contributed by atoms with E-state index in [1.165, 1.54) is 17.6 Å². The van der Waals surface area contributed by atoms with Crippen LogP contribution in [0.2, 0.25) is 5.02 Å². The van der Waals surface area contributed by atoms with Gasteiger partial charge in [0.2, 0.25) is 0 Å². The quantitative estimate of drug-likeness (QED) is 0.480. The predicted molar refractivity (Wildman–Crippen MR) is 129 cm³/mol. The summed E-state index contributed by atoms with van der Waals surface area (Å²) < 4.78 is 10.1. The van der Waals surface area contributed by atoms with Gasteiger partial charge in [-0.1, -0.05) is 17.7 Å². The van der Waals surface area contributed by atoms with Crippen LogP contribution in [0.4, 0.5) is 11.4 Å². The van der Waals surface area contributed by atoms with Gasteiger partial charge in [0.15, 0.2) is 6.54 Å². The number of halogens is 1. The van der Waals surface area contributed by atoms with Crippen molar-refractivity contribution in [2.75, 3.05) is 57.2 Å². The lowest BCUT2D eigenvalue weighted by molar-refractivity contribution is -0.892. The van der Waals surface area contributed by atoms with Crippen molar-refractivity contribution in [3.05, 3.63) is 52.7 Å². The van der Waals surface area contributed by atoms with Gasteiger partial charge in [-0.05, 0) is 36.8 Å². The highest BCUT2D eigenvalue weighted by Crippen LogP contribution is 2.31. The molecule has 9 heteroatoms. The van der Waals surface area contributed by atoms with Crippen LogP contribution in [0.1, 0.15) is 16.1 Å². The fraction of sp³-hybridized carbons (Fsp3) is 0.333. The van der Waals surface area contributed by atoms with E-state index in [0.717, 1.165) is 42.3 Å². The summed E-state index contributed by atoms with van der Waals surface area (Å²) >= 11 is 6.18. The topological polar surface area (TPSA) is 88.1 Å². The number of aromatic amines is 1. The van der Waals surface area contributed by atoms with Crippen LogP contribution in [0, 0.1) is 6.92 Å². The molecule has 0 atom stereocenters. The molecule has 3 N–H and O–H groups in total. The summed E-state index contributed by atoms with van der Waals surface area (Å²) in [4.78, 5) is 31.7. The van der Waals surface area contributed by atoms with E-state index >= 15 is 0 Å². The molecule has 0 unspecified atom stereocenters.